The molecule has 0 atom stereocenters. The first-order chi connectivity index (χ1) is 10.9. The van der Waals surface area contributed by atoms with E-state index in [9.17, 15) is 18.0 Å². The smallest absolute Gasteiger partial charge is 0.317 e. The molecule has 0 aliphatic carbocycles. The molecule has 0 aliphatic rings. The third-order valence-corrected chi connectivity index (χ3v) is 4.04. The highest BCUT2D eigenvalue weighted by molar-refractivity contribution is 7.99. The highest BCUT2D eigenvalue weighted by Crippen LogP contribution is 2.34. The number of nitrogens with one attached hydrogen (secondary N) is 1. The summed E-state index contributed by atoms with van der Waals surface area (Å²) >= 11 is 1.25. The van der Waals surface area contributed by atoms with Crippen molar-refractivity contribution in [2.45, 2.75) is 16.0 Å². The lowest BCUT2D eigenvalue weighted by molar-refractivity contribution is -0.167. The third kappa shape index (κ3) is 3.48. The Labute approximate surface area is 133 Å². The Morgan fingerprint density at radius 3 is 2.74 bits per heavy atom. The van der Waals surface area contributed by atoms with E-state index in [1.807, 2.05) is 17.6 Å². The van der Waals surface area contributed by atoms with E-state index in [4.69, 9.17) is 0 Å². The van der Waals surface area contributed by atoms with Crippen LogP contribution < -0.4 is 5.32 Å². The number of rotatable bonds is 3. The van der Waals surface area contributed by atoms with E-state index in [-0.39, 0.29) is 5.69 Å². The van der Waals surface area contributed by atoms with Gasteiger partial charge < -0.3 is 9.72 Å². The first-order valence-corrected chi connectivity index (χ1v) is 7.33. The summed E-state index contributed by atoms with van der Waals surface area (Å²) in [4.78, 5) is 16.6. The van der Waals surface area contributed by atoms with Crippen LogP contribution in [-0.4, -0.2) is 21.5 Å². The van der Waals surface area contributed by atoms with Gasteiger partial charge in [0.2, 0.25) is 0 Å². The van der Waals surface area contributed by atoms with Crippen LogP contribution in [0.1, 0.15) is 0 Å². The van der Waals surface area contributed by atoms with Crippen molar-refractivity contribution in [1.29, 1.82) is 0 Å². The summed E-state index contributed by atoms with van der Waals surface area (Å²) in [6, 6.07) is 9.96. The van der Waals surface area contributed by atoms with Gasteiger partial charge in [-0.3, -0.25) is 4.79 Å². The van der Waals surface area contributed by atoms with E-state index in [1.165, 1.54) is 17.8 Å². The number of pyridine rings is 1. The molecule has 2 heterocycles. The summed E-state index contributed by atoms with van der Waals surface area (Å²) in [7, 11) is 0. The van der Waals surface area contributed by atoms with Gasteiger partial charge in [-0.2, -0.15) is 13.2 Å². The Morgan fingerprint density at radius 2 is 1.96 bits per heavy atom. The number of hydrogen-bond acceptors (Lipinski definition) is 3. The predicted octanol–water partition coefficient (Wildman–Crippen LogP) is 3.99. The Kier molecular flexibility index (Phi) is 3.99. The van der Waals surface area contributed by atoms with Crippen LogP contribution in [0.4, 0.5) is 18.9 Å². The minimum Gasteiger partial charge on any atom is -0.317 e. The molecule has 0 radical (unpaired) electrons. The molecule has 0 aliphatic heterocycles. The highest BCUT2D eigenvalue weighted by atomic mass is 32.2. The van der Waals surface area contributed by atoms with Gasteiger partial charge in [0.25, 0.3) is 0 Å². The topological polar surface area (TPSA) is 46.4 Å². The second-order valence-corrected chi connectivity index (χ2v) is 5.72. The van der Waals surface area contributed by atoms with Gasteiger partial charge in [0.05, 0.1) is 5.69 Å². The van der Waals surface area contributed by atoms with Crippen LogP contribution in [0.3, 0.4) is 0 Å². The van der Waals surface area contributed by atoms with E-state index in [0.717, 1.165) is 10.5 Å². The van der Waals surface area contributed by atoms with Crippen LogP contribution in [0.5, 0.6) is 0 Å². The van der Waals surface area contributed by atoms with Crippen molar-refractivity contribution >= 4 is 29.0 Å². The molecule has 0 unspecified atom stereocenters. The Bertz CT molecular complexity index is 860. The molecule has 4 nitrogen and oxygen atoms in total. The molecule has 3 aromatic rings. The second-order valence-electron chi connectivity index (χ2n) is 4.61. The van der Waals surface area contributed by atoms with Gasteiger partial charge in [-0.15, -0.1) is 0 Å². The lowest BCUT2D eigenvalue weighted by Crippen LogP contribution is -2.30. The van der Waals surface area contributed by atoms with Crippen molar-refractivity contribution in [2.24, 2.45) is 0 Å². The van der Waals surface area contributed by atoms with Crippen molar-refractivity contribution in [2.75, 3.05) is 5.32 Å². The van der Waals surface area contributed by atoms with Gasteiger partial charge in [-0.25, -0.2) is 4.98 Å². The number of carbonyl (C=O) groups is 1. The number of benzene rings is 1. The largest absolute Gasteiger partial charge is 0.471 e. The van der Waals surface area contributed by atoms with Crippen LogP contribution in [-0.2, 0) is 4.79 Å². The fourth-order valence-electron chi connectivity index (χ4n) is 1.94. The van der Waals surface area contributed by atoms with Gasteiger partial charge in [0, 0.05) is 28.4 Å². The maximum atomic E-state index is 12.4. The number of para-hydroxylation sites is 1. The van der Waals surface area contributed by atoms with Crippen molar-refractivity contribution in [3.05, 3.63) is 55.0 Å². The summed E-state index contributed by atoms with van der Waals surface area (Å²) in [5.74, 6) is -1.99. The van der Waals surface area contributed by atoms with Crippen LogP contribution in [0.25, 0.3) is 5.65 Å². The standard InChI is InChI=1S/C15H10F3N3OS/c16-15(17,18)14(22)20-11-3-1-2-4-12(11)23-10-5-6-13-19-7-8-21(13)9-10/h1-9H,(H,20,22). The lowest BCUT2D eigenvalue weighted by atomic mass is 10.3. The number of alkyl halides is 3. The normalized spacial score (nSPS) is 11.6. The summed E-state index contributed by atoms with van der Waals surface area (Å²) in [6.07, 6.45) is 0.320. The monoisotopic (exact) mass is 337 g/mol. The summed E-state index contributed by atoms with van der Waals surface area (Å²) in [5.41, 5.74) is 0.888. The maximum absolute atomic E-state index is 12.4. The lowest BCUT2D eigenvalue weighted by Gasteiger charge is -2.12. The number of hydrogen-bond donors (Lipinski definition) is 1. The molecule has 2 aromatic heterocycles. The van der Waals surface area contributed by atoms with Gasteiger partial charge in [-0.05, 0) is 24.3 Å². The molecule has 23 heavy (non-hydrogen) atoms. The SMILES string of the molecule is O=C(Nc1ccccc1Sc1ccc2nccn2c1)C(F)(F)F. The molecule has 1 amide bonds. The Hall–Kier alpha value is -2.48. The zero-order valence-corrected chi connectivity index (χ0v) is 12.4. The molecule has 3 rings (SSSR count). The predicted molar refractivity (Wildman–Crippen MR) is 80.4 cm³/mol. The molecule has 0 saturated carbocycles. The van der Waals surface area contributed by atoms with E-state index in [2.05, 4.69) is 4.98 Å². The van der Waals surface area contributed by atoms with Crippen LogP contribution in [0, 0.1) is 0 Å². The zero-order chi connectivity index (χ0) is 16.4. The molecule has 1 aromatic carbocycles. The van der Waals surface area contributed by atoms with Gasteiger partial charge in [0.1, 0.15) is 5.65 Å². The highest BCUT2D eigenvalue weighted by Gasteiger charge is 2.38. The number of anilines is 1. The molecular formula is C15H10F3N3OS. The quantitative estimate of drug-likeness (QED) is 0.786. The van der Waals surface area contributed by atoms with Crippen molar-refractivity contribution < 1.29 is 18.0 Å². The molecule has 0 fully saturated rings. The first-order valence-electron chi connectivity index (χ1n) is 6.51. The summed E-state index contributed by atoms with van der Waals surface area (Å²) in [6.45, 7) is 0. The van der Waals surface area contributed by atoms with E-state index in [0.29, 0.717) is 4.90 Å². The average molecular weight is 337 g/mol. The van der Waals surface area contributed by atoms with Crippen LogP contribution in [0.15, 0.2) is 64.8 Å². The second kappa shape index (κ2) is 5.96. The van der Waals surface area contributed by atoms with Gasteiger partial charge in [-0.1, -0.05) is 23.9 Å². The van der Waals surface area contributed by atoms with Gasteiger partial charge >= 0.3 is 12.1 Å². The molecule has 1 N–H and O–H groups in total. The molecule has 0 spiro atoms. The van der Waals surface area contributed by atoms with E-state index < -0.39 is 12.1 Å². The molecule has 0 saturated heterocycles. The van der Waals surface area contributed by atoms with E-state index >= 15 is 0 Å². The molecular weight excluding hydrogens is 327 g/mol. The maximum Gasteiger partial charge on any atom is 0.471 e. The number of aromatic nitrogens is 2. The number of fused-ring (bicyclic) bond motifs is 1. The minimum atomic E-state index is -4.92. The number of nitrogens with zero attached hydrogens (tertiary/aromatic N) is 2. The number of amides is 1. The molecule has 118 valence electrons. The number of halogens is 3. The Morgan fingerprint density at radius 1 is 1.17 bits per heavy atom. The number of imidazole rings is 1. The zero-order valence-electron chi connectivity index (χ0n) is 11.5. The van der Waals surface area contributed by atoms with Gasteiger partial charge in [0.15, 0.2) is 0 Å². The van der Waals surface area contributed by atoms with E-state index in [1.54, 1.807) is 41.1 Å². The molecule has 8 heteroatoms. The van der Waals surface area contributed by atoms with Crippen molar-refractivity contribution in [3.8, 4) is 0 Å². The third-order valence-electron chi connectivity index (χ3n) is 2.98. The summed E-state index contributed by atoms with van der Waals surface area (Å²) < 4.78 is 39.0. The molecule has 0 bridgehead atoms. The fraction of sp³-hybridized carbons (Fsp3) is 0.0667. The average Bonchev–Trinajstić information content (AvgIpc) is 2.96. The van der Waals surface area contributed by atoms with Crippen molar-refractivity contribution in [3.63, 3.8) is 0 Å². The van der Waals surface area contributed by atoms with Crippen LogP contribution in [0.2, 0.25) is 0 Å². The number of carbonyl (C=O) groups excluding carboxylic acids is 1. The minimum absolute atomic E-state index is 0.116. The first kappa shape index (κ1) is 15.4. The summed E-state index contributed by atoms with van der Waals surface area (Å²) in [5, 5.41) is 1.90. The van der Waals surface area contributed by atoms with Crippen LogP contribution >= 0.6 is 11.8 Å². The van der Waals surface area contributed by atoms with Crippen molar-refractivity contribution in [1.82, 2.24) is 9.38 Å². The Balaban J connectivity index is 1.86. The fourth-order valence-corrected chi connectivity index (χ4v) is 2.87.